The predicted octanol–water partition coefficient (Wildman–Crippen LogP) is 8.40. The third-order valence-corrected chi connectivity index (χ3v) is 12.8. The molecule has 2 aliphatic heterocycles. The number of phenols is 1. The number of nitrogens with zero attached hydrogens (tertiary/aromatic N) is 1. The summed E-state index contributed by atoms with van der Waals surface area (Å²) in [6.07, 6.45) is 6.83. The Balaban J connectivity index is 1.48. The molecule has 0 fully saturated rings. The van der Waals surface area contributed by atoms with Gasteiger partial charge in [-0.2, -0.15) is 0 Å². The molecule has 2 aliphatic rings. The van der Waals surface area contributed by atoms with E-state index in [-0.39, 0.29) is 0 Å². The van der Waals surface area contributed by atoms with Gasteiger partial charge in [0.2, 0.25) is 0 Å². The zero-order chi connectivity index (χ0) is 19.5. The van der Waals surface area contributed by atoms with E-state index in [1.54, 1.807) is 12.1 Å². The molecule has 1 aromatic heterocycles. The summed E-state index contributed by atoms with van der Waals surface area (Å²) in [6, 6.07) is 7.35. The second-order valence-electron chi connectivity index (χ2n) is 6.17. The second kappa shape index (κ2) is 9.79. The standard InChI is InChI=1S/C20H21NOS6/c1-3-9-23-17-18(24-10-4-2)28-20(27-17)19-25-15-11-21(12-16(15)26-19)13-5-7-14(22)8-6-13/h5-8,11-12,22H,3-4,9-10H2,1-2H3. The quantitative estimate of drug-likeness (QED) is 0.422. The van der Waals surface area contributed by atoms with Crippen molar-refractivity contribution in [3.8, 4) is 11.4 Å². The van der Waals surface area contributed by atoms with Crippen LogP contribution in [-0.2, 0) is 0 Å². The van der Waals surface area contributed by atoms with Gasteiger partial charge >= 0.3 is 0 Å². The molecule has 0 aliphatic carbocycles. The molecule has 2 aromatic rings. The lowest BCUT2D eigenvalue weighted by molar-refractivity contribution is 0.475. The molecule has 0 radical (unpaired) electrons. The SMILES string of the molecule is CCCSC1=C(SCCC)SC(=C2Sc3cn(-c4ccc(O)cc4)cc3S2)S1. The number of phenolic OH excluding ortho intramolecular Hbond substituents is 1. The molecule has 2 nitrogen and oxygen atoms in total. The van der Waals surface area contributed by atoms with Crippen LogP contribution in [0.15, 0.2) is 63.4 Å². The zero-order valence-electron chi connectivity index (χ0n) is 15.6. The van der Waals surface area contributed by atoms with Gasteiger partial charge in [-0.25, -0.2) is 0 Å². The van der Waals surface area contributed by atoms with Crippen LogP contribution >= 0.6 is 70.6 Å². The monoisotopic (exact) mass is 483 g/mol. The molecule has 0 bridgehead atoms. The Hall–Kier alpha value is -0.120. The van der Waals surface area contributed by atoms with E-state index in [1.165, 1.54) is 51.1 Å². The van der Waals surface area contributed by atoms with Crippen molar-refractivity contribution in [1.29, 1.82) is 0 Å². The van der Waals surface area contributed by atoms with Gasteiger partial charge in [0, 0.05) is 27.9 Å². The van der Waals surface area contributed by atoms with Crippen LogP contribution in [0, 0.1) is 0 Å². The largest absolute Gasteiger partial charge is 0.508 e. The third kappa shape index (κ3) is 4.78. The summed E-state index contributed by atoms with van der Waals surface area (Å²) in [5.41, 5.74) is 1.07. The van der Waals surface area contributed by atoms with Crippen LogP contribution in [0.3, 0.4) is 0 Å². The van der Waals surface area contributed by atoms with Crippen LogP contribution in [0.5, 0.6) is 5.75 Å². The van der Waals surface area contributed by atoms with E-state index >= 15 is 0 Å². The zero-order valence-corrected chi connectivity index (χ0v) is 20.5. The lowest BCUT2D eigenvalue weighted by Crippen LogP contribution is -1.88. The number of thioether (sulfide) groups is 6. The average Bonchev–Trinajstić information content (AvgIpc) is 3.38. The highest BCUT2D eigenvalue weighted by Gasteiger charge is 2.29. The van der Waals surface area contributed by atoms with Gasteiger partial charge in [-0.05, 0) is 48.6 Å². The van der Waals surface area contributed by atoms with Crippen molar-refractivity contribution in [2.24, 2.45) is 0 Å². The molecule has 1 aromatic carbocycles. The van der Waals surface area contributed by atoms with Gasteiger partial charge < -0.3 is 9.67 Å². The first-order chi connectivity index (χ1) is 13.7. The van der Waals surface area contributed by atoms with Crippen molar-refractivity contribution < 1.29 is 5.11 Å². The highest BCUT2D eigenvalue weighted by atomic mass is 32.3. The van der Waals surface area contributed by atoms with Gasteiger partial charge in [0.15, 0.2) is 0 Å². The Bertz CT molecular complexity index is 868. The molecule has 8 heteroatoms. The molecule has 1 N–H and O–H groups in total. The van der Waals surface area contributed by atoms with Crippen molar-refractivity contribution in [1.82, 2.24) is 4.57 Å². The highest BCUT2D eigenvalue weighted by molar-refractivity contribution is 8.42. The Morgan fingerprint density at radius 1 is 0.786 bits per heavy atom. The molecule has 0 amide bonds. The van der Waals surface area contributed by atoms with Crippen LogP contribution in [0.25, 0.3) is 5.69 Å². The Labute approximate surface area is 192 Å². The summed E-state index contributed by atoms with van der Waals surface area (Å²) in [6.45, 7) is 4.50. The van der Waals surface area contributed by atoms with Crippen LogP contribution < -0.4 is 0 Å². The van der Waals surface area contributed by atoms with E-state index in [0.717, 1.165) is 5.69 Å². The number of benzene rings is 1. The number of hydrogen-bond donors (Lipinski definition) is 1. The molecule has 4 rings (SSSR count). The van der Waals surface area contributed by atoms with Gasteiger partial charge in [-0.15, -0.1) is 23.5 Å². The number of fused-ring (bicyclic) bond motifs is 1. The fourth-order valence-electron chi connectivity index (χ4n) is 2.57. The lowest BCUT2D eigenvalue weighted by atomic mass is 10.3. The van der Waals surface area contributed by atoms with Crippen LogP contribution in [-0.4, -0.2) is 21.2 Å². The van der Waals surface area contributed by atoms with Gasteiger partial charge in [-0.3, -0.25) is 0 Å². The number of rotatable bonds is 7. The molecule has 0 saturated heterocycles. The molecule has 28 heavy (non-hydrogen) atoms. The first-order valence-electron chi connectivity index (χ1n) is 9.15. The summed E-state index contributed by atoms with van der Waals surface area (Å²) in [5, 5.41) is 9.49. The summed E-state index contributed by atoms with van der Waals surface area (Å²) in [5.74, 6) is 2.69. The van der Waals surface area contributed by atoms with Crippen LogP contribution in [0.2, 0.25) is 0 Å². The van der Waals surface area contributed by atoms with Crippen molar-refractivity contribution in [3.05, 3.63) is 53.6 Å². The van der Waals surface area contributed by atoms with E-state index < -0.39 is 0 Å². The van der Waals surface area contributed by atoms with Crippen molar-refractivity contribution in [3.63, 3.8) is 0 Å². The topological polar surface area (TPSA) is 25.2 Å². The van der Waals surface area contributed by atoms with E-state index in [2.05, 4.69) is 30.8 Å². The number of aromatic nitrogens is 1. The highest BCUT2D eigenvalue weighted by Crippen LogP contribution is 2.64. The molecular formula is C20H21NOS6. The van der Waals surface area contributed by atoms with Crippen molar-refractivity contribution in [2.45, 2.75) is 36.5 Å². The summed E-state index contributed by atoms with van der Waals surface area (Å²) < 4.78 is 8.00. The minimum Gasteiger partial charge on any atom is -0.508 e. The van der Waals surface area contributed by atoms with Crippen LogP contribution in [0.4, 0.5) is 0 Å². The van der Waals surface area contributed by atoms with Gasteiger partial charge in [0.25, 0.3) is 0 Å². The normalized spacial score (nSPS) is 16.4. The van der Waals surface area contributed by atoms with Gasteiger partial charge in [0.1, 0.15) is 5.75 Å². The minimum atomic E-state index is 0.301. The first kappa shape index (κ1) is 21.1. The number of hydrogen-bond acceptors (Lipinski definition) is 7. The summed E-state index contributed by atoms with van der Waals surface area (Å²) in [7, 11) is 0. The molecule has 0 spiro atoms. The number of aromatic hydroxyl groups is 1. The van der Waals surface area contributed by atoms with E-state index in [9.17, 15) is 5.11 Å². The van der Waals surface area contributed by atoms with Gasteiger partial charge in [0.05, 0.1) is 16.9 Å². The second-order valence-corrected chi connectivity index (χ2v) is 13.6. The molecule has 0 unspecified atom stereocenters. The first-order valence-corrected chi connectivity index (χ1v) is 14.4. The molecule has 0 atom stereocenters. The third-order valence-electron chi connectivity index (χ3n) is 3.89. The maximum atomic E-state index is 9.49. The molecular weight excluding hydrogens is 463 g/mol. The maximum Gasteiger partial charge on any atom is 0.115 e. The smallest absolute Gasteiger partial charge is 0.115 e. The Morgan fingerprint density at radius 3 is 1.79 bits per heavy atom. The molecule has 148 valence electrons. The fourth-order valence-corrected chi connectivity index (χ4v) is 11.1. The van der Waals surface area contributed by atoms with Crippen LogP contribution in [0.1, 0.15) is 26.7 Å². The molecule has 0 saturated carbocycles. The van der Waals surface area contributed by atoms with E-state index in [1.807, 2.05) is 82.7 Å². The maximum absolute atomic E-state index is 9.49. The summed E-state index contributed by atoms with van der Waals surface area (Å²) >= 11 is 11.8. The van der Waals surface area contributed by atoms with Crippen molar-refractivity contribution in [2.75, 3.05) is 11.5 Å². The van der Waals surface area contributed by atoms with E-state index in [0.29, 0.717) is 5.75 Å². The van der Waals surface area contributed by atoms with Gasteiger partial charge in [-0.1, -0.05) is 60.9 Å². The lowest BCUT2D eigenvalue weighted by Gasteiger charge is -2.05. The fraction of sp³-hybridized carbons (Fsp3) is 0.300. The Kier molecular flexibility index (Phi) is 7.39. The van der Waals surface area contributed by atoms with Crippen molar-refractivity contribution >= 4 is 70.6 Å². The minimum absolute atomic E-state index is 0.301. The summed E-state index contributed by atoms with van der Waals surface area (Å²) in [4.78, 5) is 2.64. The average molecular weight is 484 g/mol. The predicted molar refractivity (Wildman–Crippen MR) is 134 cm³/mol. The van der Waals surface area contributed by atoms with E-state index in [4.69, 9.17) is 0 Å². The Morgan fingerprint density at radius 2 is 1.29 bits per heavy atom. The molecule has 3 heterocycles.